The first-order valence-corrected chi connectivity index (χ1v) is 8.73. The fourth-order valence-corrected chi connectivity index (χ4v) is 4.53. The van der Waals surface area contributed by atoms with Crippen LogP contribution in [0.15, 0.2) is 17.0 Å². The number of hydrogen-bond donors (Lipinski definition) is 0. The summed E-state index contributed by atoms with van der Waals surface area (Å²) in [6.45, 7) is 4.72. The van der Waals surface area contributed by atoms with Crippen molar-refractivity contribution in [1.82, 2.24) is 9.21 Å². The number of sulfonamides is 1. The Morgan fingerprint density at radius 3 is 2.22 bits per heavy atom. The number of ether oxygens (including phenoxy) is 2. The minimum Gasteiger partial charge on any atom is -0.495 e. The van der Waals surface area contributed by atoms with Gasteiger partial charge < -0.3 is 14.4 Å². The van der Waals surface area contributed by atoms with Crippen molar-refractivity contribution in [2.24, 2.45) is 0 Å². The molecule has 1 aromatic rings. The average molecular weight is 342 g/mol. The van der Waals surface area contributed by atoms with Gasteiger partial charge in [0.1, 0.15) is 10.6 Å². The highest BCUT2D eigenvalue weighted by molar-refractivity contribution is 7.89. The molecule has 0 aliphatic carbocycles. The number of methoxy groups -OCH3 is 2. The number of carbonyl (C=O) groups is 1. The molecule has 8 heteroatoms. The maximum absolute atomic E-state index is 13.0. The van der Waals surface area contributed by atoms with Crippen LogP contribution in [-0.2, 0) is 14.8 Å². The Kier molecular flexibility index (Phi) is 5.16. The minimum absolute atomic E-state index is 0.192. The van der Waals surface area contributed by atoms with E-state index in [2.05, 4.69) is 4.74 Å². The standard InChI is InChI=1S/C15H22N2O5S/c1-11-9-12(2)14(13(10-11)21-3)23(19,20)17-7-5-16(6-8-17)15(18)22-4/h9-10H,5-8H2,1-4H3. The van der Waals surface area contributed by atoms with Gasteiger partial charge in [0.15, 0.2) is 0 Å². The van der Waals surface area contributed by atoms with Gasteiger partial charge in [0.05, 0.1) is 14.2 Å². The molecule has 1 aliphatic rings. The lowest BCUT2D eigenvalue weighted by Crippen LogP contribution is -2.50. The summed E-state index contributed by atoms with van der Waals surface area (Å²) in [7, 11) is -0.906. The lowest BCUT2D eigenvalue weighted by Gasteiger charge is -2.33. The molecule has 1 heterocycles. The van der Waals surface area contributed by atoms with E-state index < -0.39 is 16.1 Å². The first-order chi connectivity index (χ1) is 10.8. The van der Waals surface area contributed by atoms with Crippen LogP contribution in [0.5, 0.6) is 5.75 Å². The second-order valence-electron chi connectivity index (χ2n) is 5.47. The quantitative estimate of drug-likeness (QED) is 0.829. The maximum atomic E-state index is 13.0. The van der Waals surface area contributed by atoms with E-state index in [4.69, 9.17) is 4.74 Å². The number of aryl methyl sites for hydroxylation is 2. The molecule has 128 valence electrons. The molecule has 0 N–H and O–H groups in total. The van der Waals surface area contributed by atoms with Gasteiger partial charge in [0, 0.05) is 26.2 Å². The summed E-state index contributed by atoms with van der Waals surface area (Å²) in [5.41, 5.74) is 1.59. The SMILES string of the molecule is COC(=O)N1CCN(S(=O)(=O)c2c(C)cc(C)cc2OC)CC1. The van der Waals surface area contributed by atoms with Crippen molar-refractivity contribution in [1.29, 1.82) is 0 Å². The van der Waals surface area contributed by atoms with Gasteiger partial charge in [0.2, 0.25) is 10.0 Å². The second-order valence-corrected chi connectivity index (χ2v) is 7.35. The number of carbonyl (C=O) groups excluding carboxylic acids is 1. The van der Waals surface area contributed by atoms with Crippen molar-refractivity contribution in [2.75, 3.05) is 40.4 Å². The normalized spacial score (nSPS) is 16.3. The highest BCUT2D eigenvalue weighted by atomic mass is 32.2. The topological polar surface area (TPSA) is 76.2 Å². The number of nitrogens with zero attached hydrogens (tertiary/aromatic N) is 2. The van der Waals surface area contributed by atoms with E-state index in [-0.39, 0.29) is 18.0 Å². The first-order valence-electron chi connectivity index (χ1n) is 7.29. The Labute approximate surface area is 136 Å². The van der Waals surface area contributed by atoms with Gasteiger partial charge in [-0.2, -0.15) is 4.31 Å². The van der Waals surface area contributed by atoms with Crippen LogP contribution in [0.3, 0.4) is 0 Å². The molecule has 2 rings (SSSR count). The average Bonchev–Trinajstić information content (AvgIpc) is 2.53. The van der Waals surface area contributed by atoms with Gasteiger partial charge in [-0.1, -0.05) is 6.07 Å². The molecule has 0 aromatic heterocycles. The molecular weight excluding hydrogens is 320 g/mol. The summed E-state index contributed by atoms with van der Waals surface area (Å²) in [6.07, 6.45) is -0.439. The largest absolute Gasteiger partial charge is 0.495 e. The zero-order chi connectivity index (χ0) is 17.2. The number of rotatable bonds is 3. The molecule has 0 unspecified atom stereocenters. The van der Waals surface area contributed by atoms with E-state index in [9.17, 15) is 13.2 Å². The predicted molar refractivity (Wildman–Crippen MR) is 85.2 cm³/mol. The zero-order valence-electron chi connectivity index (χ0n) is 13.8. The Hall–Kier alpha value is -1.80. The Morgan fingerprint density at radius 1 is 1.09 bits per heavy atom. The van der Waals surface area contributed by atoms with E-state index in [0.717, 1.165) is 5.56 Å². The maximum Gasteiger partial charge on any atom is 0.409 e. The number of piperazine rings is 1. The van der Waals surface area contributed by atoms with E-state index in [1.165, 1.54) is 23.4 Å². The van der Waals surface area contributed by atoms with Crippen LogP contribution in [0.25, 0.3) is 0 Å². The molecule has 0 saturated carbocycles. The third-order valence-electron chi connectivity index (χ3n) is 3.87. The molecule has 0 bridgehead atoms. The smallest absolute Gasteiger partial charge is 0.409 e. The Balaban J connectivity index is 2.29. The van der Waals surface area contributed by atoms with Gasteiger partial charge in [-0.15, -0.1) is 0 Å². The van der Waals surface area contributed by atoms with E-state index in [1.807, 2.05) is 13.0 Å². The molecule has 1 saturated heterocycles. The number of benzene rings is 1. The van der Waals surface area contributed by atoms with Crippen molar-refractivity contribution in [3.8, 4) is 5.75 Å². The highest BCUT2D eigenvalue weighted by Crippen LogP contribution is 2.31. The van der Waals surface area contributed by atoms with Gasteiger partial charge in [-0.25, -0.2) is 13.2 Å². The van der Waals surface area contributed by atoms with E-state index >= 15 is 0 Å². The second kappa shape index (κ2) is 6.76. The molecule has 1 amide bonds. The van der Waals surface area contributed by atoms with Crippen LogP contribution in [0.4, 0.5) is 4.79 Å². The third kappa shape index (κ3) is 3.42. The lowest BCUT2D eigenvalue weighted by atomic mass is 10.1. The molecule has 7 nitrogen and oxygen atoms in total. The van der Waals surface area contributed by atoms with Crippen molar-refractivity contribution in [3.05, 3.63) is 23.3 Å². The predicted octanol–water partition coefficient (Wildman–Crippen LogP) is 1.38. The van der Waals surface area contributed by atoms with Crippen molar-refractivity contribution in [2.45, 2.75) is 18.7 Å². The van der Waals surface area contributed by atoms with Gasteiger partial charge in [-0.05, 0) is 31.0 Å². The third-order valence-corrected chi connectivity index (χ3v) is 5.96. The van der Waals surface area contributed by atoms with Gasteiger partial charge >= 0.3 is 6.09 Å². The van der Waals surface area contributed by atoms with Crippen LogP contribution in [0.1, 0.15) is 11.1 Å². The fraction of sp³-hybridized carbons (Fsp3) is 0.533. The molecular formula is C15H22N2O5S. The van der Waals surface area contributed by atoms with Crippen molar-refractivity contribution in [3.63, 3.8) is 0 Å². The van der Waals surface area contributed by atoms with Gasteiger partial charge in [-0.3, -0.25) is 0 Å². The monoisotopic (exact) mass is 342 g/mol. The number of amides is 1. The summed E-state index contributed by atoms with van der Waals surface area (Å²) in [6, 6.07) is 3.53. The summed E-state index contributed by atoms with van der Waals surface area (Å²) >= 11 is 0. The van der Waals surface area contributed by atoms with Crippen LogP contribution >= 0.6 is 0 Å². The Bertz CT molecular complexity index is 694. The summed E-state index contributed by atoms with van der Waals surface area (Å²) < 4.78 is 37.2. The molecule has 1 fully saturated rings. The van der Waals surface area contributed by atoms with Crippen LogP contribution in [-0.4, -0.2) is 64.1 Å². The van der Waals surface area contributed by atoms with E-state index in [1.54, 1.807) is 13.0 Å². The Morgan fingerprint density at radius 2 is 1.70 bits per heavy atom. The van der Waals surface area contributed by atoms with Crippen LogP contribution in [0, 0.1) is 13.8 Å². The molecule has 0 radical (unpaired) electrons. The molecule has 0 atom stereocenters. The van der Waals surface area contributed by atoms with Crippen molar-refractivity contribution >= 4 is 16.1 Å². The number of hydrogen-bond acceptors (Lipinski definition) is 5. The molecule has 1 aromatic carbocycles. The van der Waals surface area contributed by atoms with Gasteiger partial charge in [0.25, 0.3) is 0 Å². The molecule has 23 heavy (non-hydrogen) atoms. The molecule has 0 spiro atoms. The summed E-state index contributed by atoms with van der Waals surface area (Å²) in [5, 5.41) is 0. The van der Waals surface area contributed by atoms with E-state index in [0.29, 0.717) is 24.4 Å². The fourth-order valence-electron chi connectivity index (χ4n) is 2.77. The zero-order valence-corrected chi connectivity index (χ0v) is 14.6. The first kappa shape index (κ1) is 17.6. The highest BCUT2D eigenvalue weighted by Gasteiger charge is 2.33. The van der Waals surface area contributed by atoms with Crippen molar-refractivity contribution < 1.29 is 22.7 Å². The minimum atomic E-state index is -3.68. The van der Waals surface area contributed by atoms with Crippen LogP contribution in [0.2, 0.25) is 0 Å². The van der Waals surface area contributed by atoms with Crippen LogP contribution < -0.4 is 4.74 Å². The lowest BCUT2D eigenvalue weighted by molar-refractivity contribution is 0.108. The molecule has 1 aliphatic heterocycles. The summed E-state index contributed by atoms with van der Waals surface area (Å²) in [4.78, 5) is 13.2. The summed E-state index contributed by atoms with van der Waals surface area (Å²) in [5.74, 6) is 0.345.